The van der Waals surface area contributed by atoms with Gasteiger partial charge < -0.3 is 9.15 Å². The van der Waals surface area contributed by atoms with E-state index in [2.05, 4.69) is 16.8 Å². The first-order chi connectivity index (χ1) is 10.1. The molecule has 0 saturated heterocycles. The minimum atomic E-state index is -0.275. The van der Waals surface area contributed by atoms with Crippen LogP contribution in [0.25, 0.3) is 11.6 Å². The number of hydrogen-bond donors (Lipinski definition) is 0. The van der Waals surface area contributed by atoms with Crippen LogP contribution in [0.2, 0.25) is 0 Å². The van der Waals surface area contributed by atoms with Gasteiger partial charge in [-0.2, -0.15) is 0 Å². The summed E-state index contributed by atoms with van der Waals surface area (Å²) in [6, 6.07) is 3.60. The zero-order chi connectivity index (χ0) is 15.2. The van der Waals surface area contributed by atoms with Crippen LogP contribution in [0.15, 0.2) is 40.6 Å². The molecule has 0 aliphatic heterocycles. The van der Waals surface area contributed by atoms with E-state index in [1.165, 1.54) is 11.8 Å². The fourth-order valence-corrected chi connectivity index (χ4v) is 2.43. The second-order valence-corrected chi connectivity index (χ2v) is 5.45. The van der Waals surface area contributed by atoms with Crippen LogP contribution in [-0.2, 0) is 16.1 Å². The molecule has 112 valence electrons. The van der Waals surface area contributed by atoms with Crippen LogP contribution >= 0.6 is 11.8 Å². The van der Waals surface area contributed by atoms with Crippen molar-refractivity contribution in [3.05, 3.63) is 31.1 Å². The van der Waals surface area contributed by atoms with Crippen molar-refractivity contribution in [1.29, 1.82) is 0 Å². The van der Waals surface area contributed by atoms with Gasteiger partial charge in [0.2, 0.25) is 5.82 Å². The standard InChI is InChI=1S/C14H17N3O3S/c1-4-7-17-13(11-6-5-8-19-11)15-16-14(17)21-9-12(18)20-10(2)3/h4-6,8,10H,1,7,9H2,2-3H3. The zero-order valence-corrected chi connectivity index (χ0v) is 12.8. The molecule has 2 rings (SSSR count). The molecule has 0 bridgehead atoms. The third-order valence-corrected chi connectivity index (χ3v) is 3.40. The van der Waals surface area contributed by atoms with Crippen LogP contribution in [0, 0.1) is 0 Å². The average molecular weight is 307 g/mol. The van der Waals surface area contributed by atoms with E-state index < -0.39 is 0 Å². The van der Waals surface area contributed by atoms with Crippen LogP contribution in [0.3, 0.4) is 0 Å². The lowest BCUT2D eigenvalue weighted by Crippen LogP contribution is -2.13. The summed E-state index contributed by atoms with van der Waals surface area (Å²) in [7, 11) is 0. The molecule has 2 aromatic heterocycles. The maximum Gasteiger partial charge on any atom is 0.316 e. The van der Waals surface area contributed by atoms with Crippen molar-refractivity contribution >= 4 is 17.7 Å². The number of hydrogen-bond acceptors (Lipinski definition) is 6. The van der Waals surface area contributed by atoms with Crippen LogP contribution in [-0.4, -0.2) is 32.6 Å². The highest BCUT2D eigenvalue weighted by molar-refractivity contribution is 7.99. The summed E-state index contributed by atoms with van der Waals surface area (Å²) in [5.41, 5.74) is 0. The van der Waals surface area contributed by atoms with E-state index in [0.717, 1.165) is 0 Å². The number of thioether (sulfide) groups is 1. The summed E-state index contributed by atoms with van der Waals surface area (Å²) in [5.74, 6) is 1.15. The van der Waals surface area contributed by atoms with Gasteiger partial charge in [0.25, 0.3) is 0 Å². The lowest BCUT2D eigenvalue weighted by atomic mass is 10.4. The number of rotatable bonds is 7. The van der Waals surface area contributed by atoms with Gasteiger partial charge in [-0.15, -0.1) is 16.8 Å². The molecule has 0 atom stereocenters. The van der Waals surface area contributed by atoms with Crippen molar-refractivity contribution in [2.45, 2.75) is 31.7 Å². The Morgan fingerprint density at radius 3 is 3.00 bits per heavy atom. The van der Waals surface area contributed by atoms with E-state index in [1.807, 2.05) is 24.5 Å². The third kappa shape index (κ3) is 3.98. The zero-order valence-electron chi connectivity index (χ0n) is 12.0. The smallest absolute Gasteiger partial charge is 0.316 e. The second-order valence-electron chi connectivity index (χ2n) is 4.51. The predicted molar refractivity (Wildman–Crippen MR) is 79.9 cm³/mol. The molecule has 0 saturated carbocycles. The first kappa shape index (κ1) is 15.4. The van der Waals surface area contributed by atoms with E-state index >= 15 is 0 Å². The Kier molecular flexibility index (Phi) is 5.21. The molecule has 0 aliphatic rings. The number of allylic oxidation sites excluding steroid dienone is 1. The summed E-state index contributed by atoms with van der Waals surface area (Å²) in [5, 5.41) is 8.84. The number of ether oxygens (including phenoxy) is 1. The fourth-order valence-electron chi connectivity index (χ4n) is 1.70. The van der Waals surface area contributed by atoms with Crippen molar-refractivity contribution in [2.75, 3.05) is 5.75 Å². The van der Waals surface area contributed by atoms with Crippen molar-refractivity contribution in [1.82, 2.24) is 14.8 Å². The molecule has 6 nitrogen and oxygen atoms in total. The topological polar surface area (TPSA) is 70.2 Å². The summed E-state index contributed by atoms with van der Waals surface area (Å²) in [6.07, 6.45) is 3.20. The third-order valence-electron chi connectivity index (χ3n) is 2.46. The van der Waals surface area contributed by atoms with Gasteiger partial charge >= 0.3 is 5.97 Å². The molecule has 0 amide bonds. The monoisotopic (exact) mass is 307 g/mol. The van der Waals surface area contributed by atoms with E-state index in [0.29, 0.717) is 23.3 Å². The quantitative estimate of drug-likeness (QED) is 0.445. The van der Waals surface area contributed by atoms with Gasteiger partial charge in [-0.05, 0) is 26.0 Å². The molecule has 0 radical (unpaired) electrons. The van der Waals surface area contributed by atoms with Crippen molar-refractivity contribution in [3.63, 3.8) is 0 Å². The van der Waals surface area contributed by atoms with Gasteiger partial charge in [0.05, 0.1) is 18.1 Å². The highest BCUT2D eigenvalue weighted by Crippen LogP contribution is 2.24. The first-order valence-electron chi connectivity index (χ1n) is 6.52. The van der Waals surface area contributed by atoms with Gasteiger partial charge in [0.1, 0.15) is 0 Å². The van der Waals surface area contributed by atoms with Crippen LogP contribution in [0.4, 0.5) is 0 Å². The maximum absolute atomic E-state index is 11.6. The molecule has 0 aromatic carbocycles. The summed E-state index contributed by atoms with van der Waals surface area (Å²) in [6.45, 7) is 7.89. The molecule has 0 N–H and O–H groups in total. The van der Waals surface area contributed by atoms with E-state index in [1.54, 1.807) is 18.4 Å². The van der Waals surface area contributed by atoms with Gasteiger partial charge in [0.15, 0.2) is 10.9 Å². The summed E-state index contributed by atoms with van der Waals surface area (Å²) < 4.78 is 12.3. The SMILES string of the molecule is C=CCn1c(SCC(=O)OC(C)C)nnc1-c1ccco1. The Morgan fingerprint density at radius 2 is 2.38 bits per heavy atom. The number of esters is 1. The van der Waals surface area contributed by atoms with E-state index in [-0.39, 0.29) is 17.8 Å². The van der Waals surface area contributed by atoms with Gasteiger partial charge in [0, 0.05) is 6.54 Å². The number of nitrogens with zero attached hydrogens (tertiary/aromatic N) is 3. The first-order valence-corrected chi connectivity index (χ1v) is 7.50. The van der Waals surface area contributed by atoms with Crippen LogP contribution in [0.1, 0.15) is 13.8 Å². The molecule has 2 heterocycles. The summed E-state index contributed by atoms with van der Waals surface area (Å²) in [4.78, 5) is 11.6. The van der Waals surface area contributed by atoms with E-state index in [9.17, 15) is 4.79 Å². The molecule has 0 aliphatic carbocycles. The Hall–Kier alpha value is -2.02. The molecule has 0 spiro atoms. The Balaban J connectivity index is 2.13. The minimum absolute atomic E-state index is 0.122. The minimum Gasteiger partial charge on any atom is -0.462 e. The normalized spacial score (nSPS) is 10.8. The number of aromatic nitrogens is 3. The highest BCUT2D eigenvalue weighted by atomic mass is 32.2. The van der Waals surface area contributed by atoms with Crippen molar-refractivity contribution < 1.29 is 13.9 Å². The Morgan fingerprint density at radius 1 is 1.57 bits per heavy atom. The second kappa shape index (κ2) is 7.12. The molecule has 21 heavy (non-hydrogen) atoms. The largest absolute Gasteiger partial charge is 0.462 e. The van der Waals surface area contributed by atoms with Crippen LogP contribution < -0.4 is 0 Å². The molecule has 0 unspecified atom stereocenters. The highest BCUT2D eigenvalue weighted by Gasteiger charge is 2.17. The predicted octanol–water partition coefficient (Wildman–Crippen LogP) is 2.77. The Bertz CT molecular complexity index is 605. The lowest BCUT2D eigenvalue weighted by Gasteiger charge is -2.08. The fraction of sp³-hybridized carbons (Fsp3) is 0.357. The number of furan rings is 1. The average Bonchev–Trinajstić information content (AvgIpc) is 3.05. The molecule has 7 heteroatoms. The molecule has 2 aromatic rings. The van der Waals surface area contributed by atoms with Gasteiger partial charge in [-0.1, -0.05) is 17.8 Å². The Labute approximate surface area is 127 Å². The lowest BCUT2D eigenvalue weighted by molar-refractivity contribution is -0.144. The number of carbonyl (C=O) groups is 1. The molecule has 0 fully saturated rings. The van der Waals surface area contributed by atoms with Crippen molar-refractivity contribution in [2.24, 2.45) is 0 Å². The maximum atomic E-state index is 11.6. The van der Waals surface area contributed by atoms with Gasteiger partial charge in [-0.25, -0.2) is 0 Å². The summed E-state index contributed by atoms with van der Waals surface area (Å²) >= 11 is 1.28. The van der Waals surface area contributed by atoms with Gasteiger partial charge in [-0.3, -0.25) is 9.36 Å². The van der Waals surface area contributed by atoms with Crippen molar-refractivity contribution in [3.8, 4) is 11.6 Å². The number of carbonyl (C=O) groups excluding carboxylic acids is 1. The molecular weight excluding hydrogens is 290 g/mol. The van der Waals surface area contributed by atoms with E-state index in [4.69, 9.17) is 9.15 Å². The van der Waals surface area contributed by atoms with Crippen LogP contribution in [0.5, 0.6) is 0 Å². The molecular formula is C14H17N3O3S.